The molecule has 6 nitrogen and oxygen atoms in total. The van der Waals surface area contributed by atoms with Crippen molar-refractivity contribution in [3.8, 4) is 17.2 Å². The monoisotopic (exact) mass is 405 g/mol. The van der Waals surface area contributed by atoms with Crippen LogP contribution in [0, 0.1) is 5.92 Å². The number of methoxy groups -OCH3 is 1. The van der Waals surface area contributed by atoms with E-state index in [1.165, 1.54) is 0 Å². The summed E-state index contributed by atoms with van der Waals surface area (Å²) in [6.45, 7) is 3.09. The van der Waals surface area contributed by atoms with E-state index in [2.05, 4.69) is 15.2 Å². The van der Waals surface area contributed by atoms with Crippen molar-refractivity contribution < 1.29 is 13.9 Å². The lowest BCUT2D eigenvalue weighted by Crippen LogP contribution is -2.40. The van der Waals surface area contributed by atoms with Gasteiger partial charge in [-0.05, 0) is 55.8 Å². The molecule has 156 valence electrons. The van der Waals surface area contributed by atoms with Crippen molar-refractivity contribution in [2.75, 3.05) is 20.2 Å². The van der Waals surface area contributed by atoms with Crippen LogP contribution < -0.4 is 10.1 Å². The molecule has 1 aliphatic rings. The van der Waals surface area contributed by atoms with Crippen LogP contribution in [0.2, 0.25) is 0 Å². The normalized spacial score (nSPS) is 15.1. The topological polar surface area (TPSA) is 67.6 Å². The third-order valence-corrected chi connectivity index (χ3v) is 5.54. The highest BCUT2D eigenvalue weighted by atomic mass is 16.5. The summed E-state index contributed by atoms with van der Waals surface area (Å²) >= 11 is 0. The third kappa shape index (κ3) is 5.07. The first kappa shape index (κ1) is 20.2. The maximum Gasteiger partial charge on any atom is 0.226 e. The summed E-state index contributed by atoms with van der Waals surface area (Å²) in [6.07, 6.45) is 3.45. The summed E-state index contributed by atoms with van der Waals surface area (Å²) in [5.74, 6) is 1.66. The molecule has 0 unspecified atom stereocenters. The summed E-state index contributed by atoms with van der Waals surface area (Å²) in [5.41, 5.74) is 2.96. The van der Waals surface area contributed by atoms with Crippen molar-refractivity contribution in [1.29, 1.82) is 0 Å². The van der Waals surface area contributed by atoms with E-state index in [-0.39, 0.29) is 11.8 Å². The van der Waals surface area contributed by atoms with Crippen LogP contribution in [-0.2, 0) is 17.9 Å². The first-order chi connectivity index (χ1) is 14.7. The van der Waals surface area contributed by atoms with Crippen LogP contribution in [-0.4, -0.2) is 36.0 Å². The second-order valence-electron chi connectivity index (χ2n) is 7.63. The number of likely N-dealkylation sites (tertiary alicyclic amines) is 1. The van der Waals surface area contributed by atoms with Crippen LogP contribution in [0.1, 0.15) is 24.1 Å². The number of carbonyl (C=O) groups excluding carboxylic acids is 1. The lowest BCUT2D eigenvalue weighted by atomic mass is 9.95. The smallest absolute Gasteiger partial charge is 0.226 e. The summed E-state index contributed by atoms with van der Waals surface area (Å²) < 4.78 is 10.8. The first-order valence-electron chi connectivity index (χ1n) is 10.3. The highest BCUT2D eigenvalue weighted by Gasteiger charge is 2.25. The molecule has 30 heavy (non-hydrogen) atoms. The van der Waals surface area contributed by atoms with Gasteiger partial charge in [-0.15, -0.1) is 0 Å². The minimum Gasteiger partial charge on any atom is -0.497 e. The van der Waals surface area contributed by atoms with Gasteiger partial charge in [0.05, 0.1) is 12.8 Å². The van der Waals surface area contributed by atoms with Crippen LogP contribution in [0.15, 0.2) is 65.3 Å². The van der Waals surface area contributed by atoms with E-state index in [9.17, 15) is 4.79 Å². The van der Waals surface area contributed by atoms with Gasteiger partial charge in [0.25, 0.3) is 0 Å². The molecule has 2 aromatic carbocycles. The Morgan fingerprint density at radius 1 is 1.13 bits per heavy atom. The number of ether oxygens (including phenoxy) is 1. The number of nitrogens with one attached hydrogen (secondary N) is 1. The van der Waals surface area contributed by atoms with Crippen LogP contribution in [0.4, 0.5) is 0 Å². The van der Waals surface area contributed by atoms with Crippen LogP contribution >= 0.6 is 0 Å². The molecule has 0 atom stereocenters. The number of rotatable bonds is 7. The molecule has 1 fully saturated rings. The second kappa shape index (κ2) is 9.59. The minimum atomic E-state index is 0.0807. The van der Waals surface area contributed by atoms with Gasteiger partial charge in [0.1, 0.15) is 12.0 Å². The van der Waals surface area contributed by atoms with Gasteiger partial charge >= 0.3 is 0 Å². The fourth-order valence-corrected chi connectivity index (χ4v) is 3.76. The molecule has 6 heteroatoms. The van der Waals surface area contributed by atoms with Crippen molar-refractivity contribution in [2.45, 2.75) is 25.9 Å². The van der Waals surface area contributed by atoms with Crippen molar-refractivity contribution in [1.82, 2.24) is 15.2 Å². The largest absolute Gasteiger partial charge is 0.497 e. The minimum absolute atomic E-state index is 0.0807. The Labute approximate surface area is 176 Å². The standard InChI is InChI=1S/C24H27N3O3/c1-29-22-9-7-20(8-10-22)24-26-21(17-30-24)16-27-13-11-19(12-14-27)23(28)25-15-18-5-3-2-4-6-18/h2-10,17,19H,11-16H2,1H3,(H,25,28). The predicted octanol–water partition coefficient (Wildman–Crippen LogP) is 3.88. The Bertz CT molecular complexity index is 945. The number of piperidine rings is 1. The van der Waals surface area contributed by atoms with Crippen molar-refractivity contribution in [2.24, 2.45) is 5.92 Å². The van der Waals surface area contributed by atoms with Crippen molar-refractivity contribution in [3.05, 3.63) is 72.1 Å². The molecular weight excluding hydrogens is 378 g/mol. The van der Waals surface area contributed by atoms with E-state index in [0.717, 1.165) is 55.0 Å². The summed E-state index contributed by atoms with van der Waals surface area (Å²) in [7, 11) is 1.65. The average Bonchev–Trinajstić information content (AvgIpc) is 3.27. The predicted molar refractivity (Wildman–Crippen MR) is 115 cm³/mol. The molecule has 4 rings (SSSR count). The molecule has 2 heterocycles. The average molecular weight is 405 g/mol. The summed E-state index contributed by atoms with van der Waals surface area (Å²) in [5, 5.41) is 3.07. The number of amides is 1. The van der Waals surface area contributed by atoms with E-state index >= 15 is 0 Å². The molecule has 0 radical (unpaired) electrons. The molecule has 0 spiro atoms. The van der Waals surface area contributed by atoms with E-state index in [1.54, 1.807) is 13.4 Å². The molecule has 1 amide bonds. The fraction of sp³-hybridized carbons (Fsp3) is 0.333. The van der Waals surface area contributed by atoms with Gasteiger partial charge < -0.3 is 14.5 Å². The molecule has 3 aromatic rings. The van der Waals surface area contributed by atoms with Gasteiger partial charge in [0.2, 0.25) is 11.8 Å². The van der Waals surface area contributed by atoms with Gasteiger partial charge in [0, 0.05) is 24.6 Å². The van der Waals surface area contributed by atoms with E-state index in [0.29, 0.717) is 12.4 Å². The van der Waals surface area contributed by atoms with Gasteiger partial charge in [-0.3, -0.25) is 9.69 Å². The van der Waals surface area contributed by atoms with Crippen molar-refractivity contribution >= 4 is 5.91 Å². The maximum absolute atomic E-state index is 12.5. The lowest BCUT2D eigenvalue weighted by molar-refractivity contribution is -0.126. The molecule has 1 saturated heterocycles. The van der Waals surface area contributed by atoms with Crippen molar-refractivity contribution in [3.63, 3.8) is 0 Å². The number of nitrogens with zero attached hydrogens (tertiary/aromatic N) is 2. The number of benzene rings is 2. The Balaban J connectivity index is 1.24. The number of oxazole rings is 1. The number of aromatic nitrogens is 1. The highest BCUT2D eigenvalue weighted by molar-refractivity contribution is 5.78. The molecule has 1 aromatic heterocycles. The summed E-state index contributed by atoms with van der Waals surface area (Å²) in [6, 6.07) is 17.7. The zero-order valence-corrected chi connectivity index (χ0v) is 17.2. The Kier molecular flexibility index (Phi) is 6.44. The molecule has 1 N–H and O–H groups in total. The molecule has 1 aliphatic heterocycles. The quantitative estimate of drug-likeness (QED) is 0.646. The van der Waals surface area contributed by atoms with Gasteiger partial charge in [-0.25, -0.2) is 4.98 Å². The fourth-order valence-electron chi connectivity index (χ4n) is 3.76. The zero-order chi connectivity index (χ0) is 20.8. The maximum atomic E-state index is 12.5. The summed E-state index contributed by atoms with van der Waals surface area (Å²) in [4.78, 5) is 19.4. The molecule has 0 bridgehead atoms. The number of hydrogen-bond donors (Lipinski definition) is 1. The van der Waals surface area contributed by atoms with Gasteiger partial charge in [-0.2, -0.15) is 0 Å². The third-order valence-electron chi connectivity index (χ3n) is 5.54. The van der Waals surface area contributed by atoms with Crippen LogP contribution in [0.25, 0.3) is 11.5 Å². The first-order valence-corrected chi connectivity index (χ1v) is 10.3. The van der Waals surface area contributed by atoms with Crippen LogP contribution in [0.5, 0.6) is 5.75 Å². The Morgan fingerprint density at radius 3 is 2.57 bits per heavy atom. The molecule has 0 aliphatic carbocycles. The Hall–Kier alpha value is -3.12. The van der Waals surface area contributed by atoms with Gasteiger partial charge in [0.15, 0.2) is 0 Å². The lowest BCUT2D eigenvalue weighted by Gasteiger charge is -2.30. The van der Waals surface area contributed by atoms with E-state index in [1.807, 2.05) is 54.6 Å². The second-order valence-corrected chi connectivity index (χ2v) is 7.63. The Morgan fingerprint density at radius 2 is 1.87 bits per heavy atom. The zero-order valence-electron chi connectivity index (χ0n) is 17.2. The molecular formula is C24H27N3O3. The molecule has 0 saturated carbocycles. The van der Waals surface area contributed by atoms with Gasteiger partial charge in [-0.1, -0.05) is 30.3 Å². The SMILES string of the molecule is COc1ccc(-c2nc(CN3CCC(C(=O)NCc4ccccc4)CC3)co2)cc1. The number of carbonyl (C=O) groups is 1. The van der Waals surface area contributed by atoms with E-state index in [4.69, 9.17) is 9.15 Å². The highest BCUT2D eigenvalue weighted by Crippen LogP contribution is 2.23. The number of hydrogen-bond acceptors (Lipinski definition) is 5. The van der Waals surface area contributed by atoms with Crippen LogP contribution in [0.3, 0.4) is 0 Å². The van der Waals surface area contributed by atoms with E-state index < -0.39 is 0 Å².